The summed E-state index contributed by atoms with van der Waals surface area (Å²) in [5.74, 6) is -0.0885. The zero-order chi connectivity index (χ0) is 33.2. The number of nitrogens with one attached hydrogen (secondary N) is 2. The summed E-state index contributed by atoms with van der Waals surface area (Å²) in [4.78, 5) is 39.5. The smallest absolute Gasteiger partial charge is 0.407 e. The van der Waals surface area contributed by atoms with Gasteiger partial charge in [-0.25, -0.2) is 13.2 Å². The summed E-state index contributed by atoms with van der Waals surface area (Å²) in [5.41, 5.74) is 1.09. The summed E-state index contributed by atoms with van der Waals surface area (Å²) in [5, 5.41) is 3.08. The van der Waals surface area contributed by atoms with Crippen LogP contribution >= 0.6 is 11.6 Å². The van der Waals surface area contributed by atoms with Crippen LogP contribution < -0.4 is 19.7 Å². The molecule has 0 spiro atoms. The first kappa shape index (κ1) is 35.2. The molecule has 0 saturated heterocycles. The number of benzene rings is 3. The fraction of sp³-hybridized carbons (Fsp3) is 0.344. The molecule has 3 aromatic carbocycles. The lowest BCUT2D eigenvalue weighted by molar-refractivity contribution is -0.143. The van der Waals surface area contributed by atoms with Gasteiger partial charge in [0.25, 0.3) is 5.91 Å². The number of ether oxygens (including phenoxy) is 3. The number of esters is 1. The average Bonchev–Trinajstić information content (AvgIpc) is 2.93. The van der Waals surface area contributed by atoms with Crippen LogP contribution in [-0.4, -0.2) is 51.4 Å². The molecular weight excluding hydrogens is 622 g/mol. The van der Waals surface area contributed by atoms with Crippen molar-refractivity contribution in [1.82, 2.24) is 5.32 Å². The third kappa shape index (κ3) is 12.0. The Labute approximate surface area is 268 Å². The van der Waals surface area contributed by atoms with Crippen molar-refractivity contribution in [3.8, 4) is 11.5 Å². The highest BCUT2D eigenvalue weighted by Gasteiger charge is 2.23. The van der Waals surface area contributed by atoms with E-state index in [0.29, 0.717) is 28.6 Å². The van der Waals surface area contributed by atoms with Gasteiger partial charge >= 0.3 is 12.1 Å². The highest BCUT2D eigenvalue weighted by Crippen LogP contribution is 2.36. The van der Waals surface area contributed by atoms with Crippen LogP contribution in [0.1, 0.15) is 56.5 Å². The van der Waals surface area contributed by atoms with Crippen molar-refractivity contribution in [1.29, 1.82) is 0 Å². The Kier molecular flexibility index (Phi) is 12.2. The molecule has 3 rings (SSSR count). The molecule has 0 aliphatic heterocycles. The Bertz CT molecular complexity index is 1610. The summed E-state index contributed by atoms with van der Waals surface area (Å²) in [6.45, 7) is 7.63. The summed E-state index contributed by atoms with van der Waals surface area (Å²) in [6.07, 6.45) is 0.868. The van der Waals surface area contributed by atoms with Gasteiger partial charge in [0, 0.05) is 41.9 Å². The zero-order valence-corrected chi connectivity index (χ0v) is 27.5. The highest BCUT2D eigenvalue weighted by molar-refractivity contribution is 7.92. The van der Waals surface area contributed by atoms with Crippen LogP contribution in [0.4, 0.5) is 16.2 Å². The van der Waals surface area contributed by atoms with Gasteiger partial charge in [0.2, 0.25) is 10.0 Å². The van der Waals surface area contributed by atoms with Gasteiger partial charge < -0.3 is 24.4 Å². The summed E-state index contributed by atoms with van der Waals surface area (Å²) in [6, 6.07) is 17.9. The van der Waals surface area contributed by atoms with Gasteiger partial charge in [-0.05, 0) is 88.2 Å². The predicted molar refractivity (Wildman–Crippen MR) is 173 cm³/mol. The number of carbonyl (C=O) groups is 3. The largest absolute Gasteiger partial charge is 0.466 e. The summed E-state index contributed by atoms with van der Waals surface area (Å²) < 4.78 is 42.2. The number of sulfonamides is 1. The first-order chi connectivity index (χ1) is 21.1. The number of rotatable bonds is 13. The van der Waals surface area contributed by atoms with Crippen molar-refractivity contribution in [2.75, 3.05) is 29.0 Å². The molecule has 0 aliphatic rings. The second kappa shape index (κ2) is 15.6. The summed E-state index contributed by atoms with van der Waals surface area (Å²) in [7, 11) is -3.50. The Hall–Kier alpha value is -4.29. The predicted octanol–water partition coefficient (Wildman–Crippen LogP) is 6.52. The normalized spacial score (nSPS) is 11.3. The van der Waals surface area contributed by atoms with E-state index in [9.17, 15) is 22.8 Å². The maximum absolute atomic E-state index is 13.9. The fourth-order valence-electron chi connectivity index (χ4n) is 4.12. The molecule has 3 aromatic rings. The number of nitrogens with zero attached hydrogens (tertiary/aromatic N) is 1. The van der Waals surface area contributed by atoms with Crippen LogP contribution in [-0.2, 0) is 30.8 Å². The lowest BCUT2D eigenvalue weighted by atomic mass is 10.1. The molecule has 0 heterocycles. The van der Waals surface area contributed by atoms with E-state index in [4.69, 9.17) is 25.8 Å². The van der Waals surface area contributed by atoms with Crippen molar-refractivity contribution in [3.05, 3.63) is 82.9 Å². The minimum Gasteiger partial charge on any atom is -0.466 e. The first-order valence-electron chi connectivity index (χ1n) is 14.2. The maximum Gasteiger partial charge on any atom is 0.407 e. The molecule has 0 bridgehead atoms. The third-order valence-electron chi connectivity index (χ3n) is 5.92. The van der Waals surface area contributed by atoms with Crippen LogP contribution in [0.3, 0.4) is 0 Å². The first-order valence-corrected chi connectivity index (χ1v) is 16.5. The van der Waals surface area contributed by atoms with E-state index >= 15 is 0 Å². The van der Waals surface area contributed by atoms with Crippen molar-refractivity contribution >= 4 is 51.0 Å². The molecule has 11 nitrogen and oxygen atoms in total. The number of hydrogen-bond donors (Lipinski definition) is 2. The molecule has 0 fully saturated rings. The molecule has 45 heavy (non-hydrogen) atoms. The lowest BCUT2D eigenvalue weighted by Crippen LogP contribution is -2.32. The molecule has 0 atom stereocenters. The third-order valence-corrected chi connectivity index (χ3v) is 6.76. The monoisotopic (exact) mass is 659 g/mol. The standard InChI is InChI=1S/C32H38ClN3O8S/c1-6-42-29(37)11-8-18-36(30(38)23-12-15-25(16-13-23)35-45(5,40)41)27-17-14-24(33)20-28(27)43-26-10-7-9-22(19-26)21-34-31(39)44-32(2,3)4/h7,9-10,12-17,19-20,35H,6,8,11,18,21H2,1-5H3,(H,34,39). The Morgan fingerprint density at radius 2 is 1.69 bits per heavy atom. The van der Waals surface area contributed by atoms with Gasteiger partial charge in [0.1, 0.15) is 11.4 Å². The number of amides is 2. The van der Waals surface area contributed by atoms with Crippen molar-refractivity contribution in [2.24, 2.45) is 0 Å². The molecule has 2 N–H and O–H groups in total. The fourth-order valence-corrected chi connectivity index (χ4v) is 4.85. The highest BCUT2D eigenvalue weighted by atomic mass is 35.5. The van der Waals surface area contributed by atoms with E-state index in [0.717, 1.165) is 11.8 Å². The minimum absolute atomic E-state index is 0.0886. The molecule has 0 aliphatic carbocycles. The van der Waals surface area contributed by atoms with E-state index < -0.39 is 27.6 Å². The van der Waals surface area contributed by atoms with Crippen LogP contribution in [0.2, 0.25) is 5.02 Å². The number of carbonyl (C=O) groups excluding carboxylic acids is 3. The van der Waals surface area contributed by atoms with Gasteiger partial charge in [-0.3, -0.25) is 14.3 Å². The minimum atomic E-state index is -3.50. The van der Waals surface area contributed by atoms with Crippen LogP contribution in [0.5, 0.6) is 11.5 Å². The van der Waals surface area contributed by atoms with E-state index in [1.54, 1.807) is 64.1 Å². The maximum atomic E-state index is 13.9. The molecule has 0 radical (unpaired) electrons. The van der Waals surface area contributed by atoms with Gasteiger partial charge in [-0.2, -0.15) is 0 Å². The second-order valence-corrected chi connectivity index (χ2v) is 13.2. The Morgan fingerprint density at radius 1 is 0.978 bits per heavy atom. The van der Waals surface area contributed by atoms with Gasteiger partial charge in [0.15, 0.2) is 5.75 Å². The number of halogens is 1. The number of anilines is 2. The SMILES string of the molecule is CCOC(=O)CCCN(C(=O)c1ccc(NS(C)(=O)=O)cc1)c1ccc(Cl)cc1Oc1cccc(CNC(=O)OC(C)(C)C)c1. The van der Waals surface area contributed by atoms with Crippen LogP contribution in [0.15, 0.2) is 66.7 Å². The zero-order valence-electron chi connectivity index (χ0n) is 25.9. The van der Waals surface area contributed by atoms with Crippen LogP contribution in [0, 0.1) is 0 Å². The van der Waals surface area contributed by atoms with Gasteiger partial charge in [-0.15, -0.1) is 0 Å². The molecule has 2 amide bonds. The van der Waals surface area contributed by atoms with E-state index in [-0.39, 0.29) is 43.4 Å². The lowest BCUT2D eigenvalue weighted by Gasteiger charge is -2.25. The summed E-state index contributed by atoms with van der Waals surface area (Å²) >= 11 is 6.34. The number of hydrogen-bond acceptors (Lipinski definition) is 8. The second-order valence-electron chi connectivity index (χ2n) is 11.0. The molecule has 13 heteroatoms. The molecule has 242 valence electrons. The van der Waals surface area contributed by atoms with E-state index in [2.05, 4.69) is 10.0 Å². The molecule has 0 unspecified atom stereocenters. The Balaban J connectivity index is 1.90. The van der Waals surface area contributed by atoms with E-state index in [1.165, 1.54) is 29.2 Å². The van der Waals surface area contributed by atoms with Crippen molar-refractivity contribution in [3.63, 3.8) is 0 Å². The van der Waals surface area contributed by atoms with Gasteiger partial charge in [-0.1, -0.05) is 23.7 Å². The van der Waals surface area contributed by atoms with Crippen molar-refractivity contribution < 1.29 is 37.0 Å². The average molecular weight is 660 g/mol. The van der Waals surface area contributed by atoms with Crippen LogP contribution in [0.25, 0.3) is 0 Å². The number of alkyl carbamates (subject to hydrolysis) is 1. The van der Waals surface area contributed by atoms with E-state index in [1.807, 2.05) is 6.07 Å². The topological polar surface area (TPSA) is 140 Å². The molecule has 0 aromatic heterocycles. The molecule has 0 saturated carbocycles. The quantitative estimate of drug-likeness (QED) is 0.198. The van der Waals surface area contributed by atoms with Gasteiger partial charge in [0.05, 0.1) is 18.6 Å². The Morgan fingerprint density at radius 3 is 2.33 bits per heavy atom. The molecular formula is C32H38ClN3O8S. The van der Waals surface area contributed by atoms with Crippen molar-refractivity contribution in [2.45, 2.75) is 52.7 Å².